The molecule has 1 rings (SSSR count). The summed E-state index contributed by atoms with van der Waals surface area (Å²) in [5, 5.41) is 0. The van der Waals surface area contributed by atoms with Gasteiger partial charge in [-0.1, -0.05) is 29.3 Å². The highest BCUT2D eigenvalue weighted by Gasteiger charge is 2.16. The van der Waals surface area contributed by atoms with Crippen molar-refractivity contribution in [2.24, 2.45) is 0 Å². The summed E-state index contributed by atoms with van der Waals surface area (Å²) in [6.07, 6.45) is 0.203. The molecule has 0 aliphatic heterocycles. The number of esters is 1. The van der Waals surface area contributed by atoms with Gasteiger partial charge in [-0.25, -0.2) is 0 Å². The minimum Gasteiger partial charge on any atom is -0.460 e. The maximum atomic E-state index is 12.0. The van der Waals surface area contributed by atoms with E-state index in [-0.39, 0.29) is 12.4 Å². The first-order valence-corrected chi connectivity index (χ1v) is 8.28. The van der Waals surface area contributed by atoms with E-state index in [9.17, 15) is 9.00 Å². The molecule has 0 heterocycles. The Morgan fingerprint density at radius 1 is 1.15 bits per heavy atom. The number of carbonyl (C=O) groups excluding carboxylic acids is 1. The van der Waals surface area contributed by atoms with Crippen LogP contribution in [0.4, 0.5) is 0 Å². The summed E-state index contributed by atoms with van der Waals surface area (Å²) in [4.78, 5) is 11.6. The molecular formula is C16H24O3S. The van der Waals surface area contributed by atoms with Crippen molar-refractivity contribution in [2.45, 2.75) is 52.4 Å². The molecule has 0 bridgehead atoms. The molecule has 0 saturated carbocycles. The molecule has 0 amide bonds. The predicted octanol–water partition coefficient (Wildman–Crippen LogP) is 3.28. The Morgan fingerprint density at radius 2 is 1.70 bits per heavy atom. The van der Waals surface area contributed by atoms with Gasteiger partial charge in [-0.15, -0.1) is 0 Å². The molecule has 1 atom stereocenters. The van der Waals surface area contributed by atoms with Crippen LogP contribution in [0, 0.1) is 13.8 Å². The van der Waals surface area contributed by atoms with E-state index in [0.29, 0.717) is 11.5 Å². The standard InChI is InChI=1S/C16H24O3S/c1-12-8-13(2)10-14(9-12)11-20(18)7-6-15(17)19-16(3,4)5/h8-10H,6-7,11H2,1-5H3. The number of aryl methyl sites for hydroxylation is 2. The van der Waals surface area contributed by atoms with E-state index in [1.807, 2.05) is 46.8 Å². The smallest absolute Gasteiger partial charge is 0.307 e. The molecule has 0 N–H and O–H groups in total. The summed E-state index contributed by atoms with van der Waals surface area (Å²) in [7, 11) is -1.04. The van der Waals surface area contributed by atoms with E-state index in [1.165, 1.54) is 11.1 Å². The average Bonchev–Trinajstić information content (AvgIpc) is 2.22. The van der Waals surface area contributed by atoms with Gasteiger partial charge < -0.3 is 4.74 Å². The van der Waals surface area contributed by atoms with Crippen molar-refractivity contribution in [3.63, 3.8) is 0 Å². The van der Waals surface area contributed by atoms with Crippen molar-refractivity contribution < 1.29 is 13.7 Å². The molecule has 0 spiro atoms. The Hall–Kier alpha value is -1.16. The van der Waals surface area contributed by atoms with Gasteiger partial charge in [0.2, 0.25) is 0 Å². The van der Waals surface area contributed by atoms with Crippen molar-refractivity contribution in [1.82, 2.24) is 0 Å². The fourth-order valence-electron chi connectivity index (χ4n) is 2.00. The molecule has 0 fully saturated rings. The van der Waals surface area contributed by atoms with Crippen LogP contribution in [-0.4, -0.2) is 21.5 Å². The number of rotatable bonds is 5. The zero-order valence-electron chi connectivity index (χ0n) is 13.0. The first kappa shape index (κ1) is 16.9. The zero-order valence-corrected chi connectivity index (χ0v) is 13.8. The minimum atomic E-state index is -1.04. The van der Waals surface area contributed by atoms with Crippen molar-refractivity contribution in [3.8, 4) is 0 Å². The lowest BCUT2D eigenvalue weighted by Crippen LogP contribution is -2.24. The topological polar surface area (TPSA) is 43.4 Å². The van der Waals surface area contributed by atoms with E-state index in [2.05, 4.69) is 6.07 Å². The zero-order chi connectivity index (χ0) is 15.3. The molecule has 0 saturated heterocycles. The second-order valence-electron chi connectivity index (χ2n) is 6.12. The van der Waals surface area contributed by atoms with Crippen molar-refractivity contribution >= 4 is 16.8 Å². The van der Waals surface area contributed by atoms with Crippen LogP contribution in [0.5, 0.6) is 0 Å². The maximum Gasteiger partial charge on any atom is 0.307 e. The van der Waals surface area contributed by atoms with Gasteiger partial charge in [0.25, 0.3) is 0 Å². The molecule has 0 aliphatic carbocycles. The van der Waals surface area contributed by atoms with E-state index in [4.69, 9.17) is 4.74 Å². The highest BCUT2D eigenvalue weighted by Crippen LogP contribution is 2.12. The summed E-state index contributed by atoms with van der Waals surface area (Å²) < 4.78 is 17.2. The molecule has 20 heavy (non-hydrogen) atoms. The lowest BCUT2D eigenvalue weighted by molar-refractivity contribution is -0.154. The Kier molecular flexibility index (Phi) is 5.93. The van der Waals surface area contributed by atoms with Gasteiger partial charge in [0.1, 0.15) is 5.60 Å². The number of hydrogen-bond acceptors (Lipinski definition) is 3. The van der Waals surface area contributed by atoms with Crippen LogP contribution in [-0.2, 0) is 26.1 Å². The van der Waals surface area contributed by atoms with Gasteiger partial charge in [0.15, 0.2) is 0 Å². The second-order valence-corrected chi connectivity index (χ2v) is 7.70. The van der Waals surface area contributed by atoms with Crippen LogP contribution in [0.2, 0.25) is 0 Å². The van der Waals surface area contributed by atoms with Crippen LogP contribution in [0.3, 0.4) is 0 Å². The summed E-state index contributed by atoms with van der Waals surface area (Å²) in [5.74, 6) is 0.555. The average molecular weight is 296 g/mol. The summed E-state index contributed by atoms with van der Waals surface area (Å²) in [6, 6.07) is 6.17. The minimum absolute atomic E-state index is 0.203. The van der Waals surface area contributed by atoms with Gasteiger partial charge >= 0.3 is 5.97 Å². The van der Waals surface area contributed by atoms with Crippen molar-refractivity contribution in [2.75, 3.05) is 5.75 Å². The summed E-state index contributed by atoms with van der Waals surface area (Å²) in [5.41, 5.74) is 2.92. The molecule has 1 aromatic carbocycles. The molecule has 1 aromatic rings. The van der Waals surface area contributed by atoms with Crippen LogP contribution >= 0.6 is 0 Å². The summed E-state index contributed by atoms with van der Waals surface area (Å²) >= 11 is 0. The third-order valence-corrected chi connectivity index (χ3v) is 3.88. The SMILES string of the molecule is Cc1cc(C)cc(CS(=O)CCC(=O)OC(C)(C)C)c1. The quantitative estimate of drug-likeness (QED) is 0.783. The van der Waals surface area contributed by atoms with Crippen molar-refractivity contribution in [3.05, 3.63) is 34.9 Å². The van der Waals surface area contributed by atoms with Gasteiger partial charge in [0.05, 0.1) is 6.42 Å². The Balaban J connectivity index is 2.46. The van der Waals surface area contributed by atoms with E-state index < -0.39 is 16.4 Å². The number of hydrogen-bond donors (Lipinski definition) is 0. The lowest BCUT2D eigenvalue weighted by atomic mass is 10.1. The van der Waals surface area contributed by atoms with Gasteiger partial charge in [-0.2, -0.15) is 0 Å². The maximum absolute atomic E-state index is 12.0. The van der Waals surface area contributed by atoms with Gasteiger partial charge in [-0.05, 0) is 40.2 Å². The number of benzene rings is 1. The molecule has 0 radical (unpaired) electrons. The summed E-state index contributed by atoms with van der Waals surface area (Å²) in [6.45, 7) is 9.55. The normalized spacial score (nSPS) is 13.1. The highest BCUT2D eigenvalue weighted by atomic mass is 32.2. The van der Waals surface area contributed by atoms with Crippen LogP contribution in [0.15, 0.2) is 18.2 Å². The van der Waals surface area contributed by atoms with Crippen molar-refractivity contribution in [1.29, 1.82) is 0 Å². The molecular weight excluding hydrogens is 272 g/mol. The first-order valence-electron chi connectivity index (χ1n) is 6.80. The molecule has 0 aromatic heterocycles. The first-order chi connectivity index (χ1) is 9.15. The monoisotopic (exact) mass is 296 g/mol. The van der Waals surface area contributed by atoms with E-state index in [0.717, 1.165) is 5.56 Å². The molecule has 1 unspecified atom stereocenters. The second kappa shape index (κ2) is 7.02. The fourth-order valence-corrected chi connectivity index (χ4v) is 3.08. The third kappa shape index (κ3) is 6.85. The van der Waals surface area contributed by atoms with E-state index >= 15 is 0 Å². The Labute approximate surface area is 124 Å². The van der Waals surface area contributed by atoms with Crippen LogP contribution in [0.1, 0.15) is 43.9 Å². The van der Waals surface area contributed by atoms with E-state index in [1.54, 1.807) is 0 Å². The number of ether oxygens (including phenoxy) is 1. The molecule has 112 valence electrons. The number of carbonyl (C=O) groups is 1. The highest BCUT2D eigenvalue weighted by molar-refractivity contribution is 7.84. The van der Waals surface area contributed by atoms with Gasteiger partial charge in [-0.3, -0.25) is 9.00 Å². The fraction of sp³-hybridized carbons (Fsp3) is 0.562. The molecule has 4 heteroatoms. The predicted molar refractivity (Wildman–Crippen MR) is 83.1 cm³/mol. The molecule has 0 aliphatic rings. The Morgan fingerprint density at radius 3 is 2.20 bits per heavy atom. The molecule has 3 nitrogen and oxygen atoms in total. The lowest BCUT2D eigenvalue weighted by Gasteiger charge is -2.19. The van der Waals surface area contributed by atoms with Crippen LogP contribution in [0.25, 0.3) is 0 Å². The van der Waals surface area contributed by atoms with Gasteiger partial charge in [0, 0.05) is 22.3 Å². The van der Waals surface area contributed by atoms with Crippen LogP contribution < -0.4 is 0 Å². The Bertz CT molecular complexity index is 481. The largest absolute Gasteiger partial charge is 0.460 e. The third-order valence-electron chi connectivity index (χ3n) is 2.56.